The Hall–Kier alpha value is -2.62. The normalized spacial score (nSPS) is 14.1. The fourth-order valence-electron chi connectivity index (χ4n) is 8.02. The summed E-state index contributed by atoms with van der Waals surface area (Å²) in [5.41, 5.74) is 15.1. The van der Waals surface area contributed by atoms with Crippen LogP contribution in [0, 0.1) is 23.7 Å². The molecule has 0 aliphatic heterocycles. The molecule has 4 nitrogen and oxygen atoms in total. The third-order valence-corrected chi connectivity index (χ3v) is 10.6. The van der Waals surface area contributed by atoms with Crippen molar-refractivity contribution in [2.24, 2.45) is 23.7 Å². The van der Waals surface area contributed by atoms with Crippen molar-refractivity contribution in [3.8, 4) is 0 Å². The van der Waals surface area contributed by atoms with Crippen molar-refractivity contribution in [2.45, 2.75) is 145 Å². The number of fused-ring (bicyclic) bond motifs is 3. The van der Waals surface area contributed by atoms with Gasteiger partial charge in [0.25, 0.3) is 0 Å². The van der Waals surface area contributed by atoms with Gasteiger partial charge in [0.2, 0.25) is 0 Å². The maximum absolute atomic E-state index is 13.8. The summed E-state index contributed by atoms with van der Waals surface area (Å²) in [5.74, 6) is 1.39. The van der Waals surface area contributed by atoms with Crippen molar-refractivity contribution in [3.63, 3.8) is 0 Å². The van der Waals surface area contributed by atoms with Crippen molar-refractivity contribution in [3.05, 3.63) is 66.8 Å². The Morgan fingerprint density at radius 2 is 0.761 bits per heavy atom. The molecule has 0 heterocycles. The zero-order chi connectivity index (χ0) is 33.7. The molecule has 46 heavy (non-hydrogen) atoms. The third kappa shape index (κ3) is 7.91. The van der Waals surface area contributed by atoms with E-state index in [1.54, 1.807) is 22.3 Å². The molecule has 4 heteroatoms. The number of methoxy groups -OCH3 is 2. The van der Waals surface area contributed by atoms with Crippen LogP contribution < -0.4 is 0 Å². The summed E-state index contributed by atoms with van der Waals surface area (Å²) < 4.78 is 10.9. The maximum Gasteiger partial charge on any atom is 0.339 e. The van der Waals surface area contributed by atoms with Crippen LogP contribution in [0.15, 0.2) is 0 Å². The second kappa shape index (κ2) is 16.0. The van der Waals surface area contributed by atoms with E-state index < -0.39 is 11.9 Å². The fourth-order valence-corrected chi connectivity index (χ4v) is 8.02. The number of esters is 2. The van der Waals surface area contributed by atoms with Crippen LogP contribution in [0.25, 0.3) is 0 Å². The molecule has 0 N–H and O–H groups in total. The largest absolute Gasteiger partial charge is 0.465 e. The van der Waals surface area contributed by atoms with Crippen LogP contribution in [-0.2, 0) is 60.8 Å². The molecule has 0 bridgehead atoms. The number of rotatable bonds is 14. The first-order valence-electron chi connectivity index (χ1n) is 18.4. The van der Waals surface area contributed by atoms with Gasteiger partial charge in [-0.3, -0.25) is 0 Å². The molecule has 4 rings (SSSR count). The molecular formula is C42H62O4. The van der Waals surface area contributed by atoms with E-state index in [4.69, 9.17) is 9.47 Å². The van der Waals surface area contributed by atoms with Gasteiger partial charge in [-0.05, 0) is 169 Å². The molecular weight excluding hydrogens is 568 g/mol. The molecule has 254 valence electrons. The lowest BCUT2D eigenvalue weighted by molar-refractivity contribution is 0.0552. The van der Waals surface area contributed by atoms with Gasteiger partial charge in [-0.15, -0.1) is 0 Å². The highest BCUT2D eigenvalue weighted by atomic mass is 16.5. The molecule has 0 unspecified atom stereocenters. The molecule has 2 aliphatic rings. The molecule has 0 radical (unpaired) electrons. The highest BCUT2D eigenvalue weighted by molar-refractivity contribution is 6.06. The fraction of sp³-hybridized carbons (Fsp3) is 0.667. The first kappa shape index (κ1) is 36.2. The van der Waals surface area contributed by atoms with Crippen LogP contribution in [0.5, 0.6) is 0 Å². The van der Waals surface area contributed by atoms with Crippen LogP contribution in [0.4, 0.5) is 0 Å². The van der Waals surface area contributed by atoms with Crippen LogP contribution in [0.3, 0.4) is 0 Å². The minimum absolute atomic E-state index is 0.415. The molecule has 2 aliphatic carbocycles. The van der Waals surface area contributed by atoms with Gasteiger partial charge in [-0.1, -0.05) is 55.4 Å². The van der Waals surface area contributed by atoms with Gasteiger partial charge >= 0.3 is 11.9 Å². The highest BCUT2D eigenvalue weighted by Crippen LogP contribution is 2.44. The summed E-state index contributed by atoms with van der Waals surface area (Å²) in [5, 5.41) is 0. The summed E-state index contributed by atoms with van der Waals surface area (Å²) in [4.78, 5) is 27.5. The molecule has 0 spiro atoms. The van der Waals surface area contributed by atoms with Crippen LogP contribution in [0.1, 0.15) is 170 Å². The molecule has 0 saturated carbocycles. The molecule has 2 aromatic carbocycles. The first-order valence-corrected chi connectivity index (χ1v) is 18.4. The minimum Gasteiger partial charge on any atom is -0.465 e. The molecule has 0 fully saturated rings. The van der Waals surface area contributed by atoms with E-state index in [1.807, 2.05) is 0 Å². The van der Waals surface area contributed by atoms with Crippen molar-refractivity contribution in [1.29, 1.82) is 0 Å². The second-order valence-electron chi connectivity index (χ2n) is 15.8. The Morgan fingerprint density at radius 1 is 0.478 bits per heavy atom. The Bertz CT molecular complexity index is 1300. The Morgan fingerprint density at radius 3 is 1.04 bits per heavy atom. The summed E-state index contributed by atoms with van der Waals surface area (Å²) in [6, 6.07) is 0. The number of hydrogen-bond acceptors (Lipinski definition) is 4. The maximum atomic E-state index is 13.8. The van der Waals surface area contributed by atoms with Crippen LogP contribution in [0.2, 0.25) is 0 Å². The van der Waals surface area contributed by atoms with Gasteiger partial charge in [-0.25, -0.2) is 9.59 Å². The Labute approximate surface area is 280 Å². The van der Waals surface area contributed by atoms with E-state index in [9.17, 15) is 9.59 Å². The van der Waals surface area contributed by atoms with Crippen LogP contribution >= 0.6 is 0 Å². The van der Waals surface area contributed by atoms with E-state index in [-0.39, 0.29) is 0 Å². The number of hydrogen-bond donors (Lipinski definition) is 0. The van der Waals surface area contributed by atoms with Gasteiger partial charge in [0, 0.05) is 0 Å². The smallest absolute Gasteiger partial charge is 0.339 e. The van der Waals surface area contributed by atoms with Crippen LogP contribution in [-0.4, -0.2) is 26.2 Å². The van der Waals surface area contributed by atoms with Gasteiger partial charge in [0.05, 0.1) is 25.3 Å². The lowest BCUT2D eigenvalue weighted by Crippen LogP contribution is -2.27. The molecule has 0 aromatic heterocycles. The van der Waals surface area contributed by atoms with Gasteiger partial charge in [0.1, 0.15) is 0 Å². The van der Waals surface area contributed by atoms with Crippen molar-refractivity contribution in [1.82, 2.24) is 0 Å². The number of ether oxygens (including phenoxy) is 2. The molecule has 0 atom stereocenters. The molecule has 2 aromatic rings. The average Bonchev–Trinajstić information content (AvgIpc) is 3.01. The Kier molecular flexibility index (Phi) is 12.6. The quantitative estimate of drug-likeness (QED) is 0.166. The van der Waals surface area contributed by atoms with E-state index in [0.29, 0.717) is 34.8 Å². The van der Waals surface area contributed by atoms with Crippen molar-refractivity contribution < 1.29 is 19.1 Å². The van der Waals surface area contributed by atoms with E-state index in [1.165, 1.54) is 75.0 Å². The summed E-state index contributed by atoms with van der Waals surface area (Å²) in [6.07, 6.45) is 14.6. The lowest BCUT2D eigenvalue weighted by atomic mass is 9.69. The number of carbonyl (C=O) groups excluding carboxylic acids is 2. The first-order chi connectivity index (χ1) is 21.9. The summed E-state index contributed by atoms with van der Waals surface area (Å²) >= 11 is 0. The molecule has 0 saturated heterocycles. The summed E-state index contributed by atoms with van der Waals surface area (Å²) in [6.45, 7) is 18.3. The lowest BCUT2D eigenvalue weighted by Gasteiger charge is -2.35. The van der Waals surface area contributed by atoms with Crippen molar-refractivity contribution in [2.75, 3.05) is 14.2 Å². The zero-order valence-electron chi connectivity index (χ0n) is 30.8. The van der Waals surface area contributed by atoms with E-state index >= 15 is 0 Å². The second-order valence-corrected chi connectivity index (χ2v) is 15.8. The number of benzene rings is 2. The van der Waals surface area contributed by atoms with E-state index in [2.05, 4.69) is 55.4 Å². The van der Waals surface area contributed by atoms with Gasteiger partial charge in [0.15, 0.2) is 0 Å². The summed E-state index contributed by atoms with van der Waals surface area (Å²) in [7, 11) is 2.88. The Balaban J connectivity index is 2.10. The predicted molar refractivity (Wildman–Crippen MR) is 190 cm³/mol. The topological polar surface area (TPSA) is 52.6 Å². The predicted octanol–water partition coefficient (Wildman–Crippen LogP) is 9.99. The number of carbonyl (C=O) groups is 2. The monoisotopic (exact) mass is 630 g/mol. The average molecular weight is 631 g/mol. The minimum atomic E-state index is -0.415. The molecule has 0 amide bonds. The SMILES string of the molecule is COC(=O)c1c(CCC(C)C)c2c(c(CCC(C)C)c1C(=O)OC)Cc1c(CCC(C)C)c3c(c(CCC(C)C)c1C2)CCCC3. The van der Waals surface area contributed by atoms with E-state index in [0.717, 1.165) is 62.5 Å². The van der Waals surface area contributed by atoms with Crippen molar-refractivity contribution >= 4 is 11.9 Å². The van der Waals surface area contributed by atoms with Gasteiger partial charge in [-0.2, -0.15) is 0 Å². The zero-order valence-corrected chi connectivity index (χ0v) is 30.8. The standard InChI is InChI=1S/C42H62O4/c1-25(2)15-19-31-29-13-11-12-14-30(29)32(20-16-26(3)4)36-24-38-34(22-18-28(7)8)40(42(44)46-10)39(41(43)45-9)33(21-17-27(5)6)37(38)23-35(31)36/h25-28H,11-24H2,1-10H3. The highest BCUT2D eigenvalue weighted by Gasteiger charge is 2.36. The third-order valence-electron chi connectivity index (χ3n) is 10.6. The van der Waals surface area contributed by atoms with Gasteiger partial charge < -0.3 is 9.47 Å².